The fourth-order valence-corrected chi connectivity index (χ4v) is 3.95. The van der Waals surface area contributed by atoms with Crippen molar-refractivity contribution >= 4 is 21.6 Å². The van der Waals surface area contributed by atoms with E-state index in [4.69, 9.17) is 0 Å². The van der Waals surface area contributed by atoms with Crippen LogP contribution in [0.3, 0.4) is 0 Å². The maximum absolute atomic E-state index is 10.8. The molecule has 0 aromatic rings. The van der Waals surface area contributed by atoms with Gasteiger partial charge in [0.15, 0.2) is 0 Å². The van der Waals surface area contributed by atoms with Crippen molar-refractivity contribution in [2.45, 2.75) is 63.1 Å². The Balaban J connectivity index is 4.18. The first kappa shape index (κ1) is 17.5. The number of nitro groups is 2. The summed E-state index contributed by atoms with van der Waals surface area (Å²) in [4.78, 5) is 20.9. The Hall–Kier alpha value is -0.500. The van der Waals surface area contributed by atoms with E-state index in [1.807, 2.05) is 13.8 Å². The highest BCUT2D eigenvalue weighted by Crippen LogP contribution is 2.35. The Morgan fingerprint density at radius 1 is 0.889 bits per heavy atom. The zero-order valence-electron chi connectivity index (χ0n) is 10.7. The molecule has 0 amide bonds. The third-order valence-electron chi connectivity index (χ3n) is 2.36. The van der Waals surface area contributed by atoms with Crippen LogP contribution in [0.2, 0.25) is 0 Å². The molecule has 2 unspecified atom stereocenters. The molecule has 0 fully saturated rings. The van der Waals surface area contributed by atoms with Gasteiger partial charge in [-0.3, -0.25) is 20.2 Å². The smallest absolute Gasteiger partial charge is 0.263 e. The lowest BCUT2D eigenvalue weighted by Crippen LogP contribution is -2.18. The molecule has 106 valence electrons. The van der Waals surface area contributed by atoms with Crippen LogP contribution in [0.15, 0.2) is 0 Å². The second-order valence-electron chi connectivity index (χ2n) is 3.96. The van der Waals surface area contributed by atoms with Gasteiger partial charge in [0.2, 0.25) is 0 Å². The lowest BCUT2D eigenvalue weighted by atomic mass is 10.2. The molecular formula is C10H20N2O4S2. The second kappa shape index (κ2) is 10.4. The Labute approximate surface area is 115 Å². The summed E-state index contributed by atoms with van der Waals surface area (Å²) in [6.07, 6.45) is 4.28. The maximum Gasteiger partial charge on any atom is 0.268 e. The molecule has 0 aromatic heterocycles. The van der Waals surface area contributed by atoms with Gasteiger partial charge in [0, 0.05) is 22.7 Å². The maximum atomic E-state index is 10.8. The van der Waals surface area contributed by atoms with E-state index in [0.717, 1.165) is 47.3 Å². The molecule has 2 atom stereocenters. The SMILES string of the molecule is CCCCC(SSC(CCCC)[N+](=O)[O-])[N+](=O)[O-]. The van der Waals surface area contributed by atoms with Crippen molar-refractivity contribution in [3.05, 3.63) is 20.2 Å². The molecule has 0 N–H and O–H groups in total. The molecule has 0 aliphatic heterocycles. The first-order valence-electron chi connectivity index (χ1n) is 6.12. The Morgan fingerprint density at radius 3 is 1.44 bits per heavy atom. The van der Waals surface area contributed by atoms with Gasteiger partial charge in [-0.1, -0.05) is 26.7 Å². The highest BCUT2D eigenvalue weighted by Gasteiger charge is 2.27. The molecule has 6 nitrogen and oxygen atoms in total. The van der Waals surface area contributed by atoms with Crippen LogP contribution in [0.25, 0.3) is 0 Å². The summed E-state index contributed by atoms with van der Waals surface area (Å²) in [5, 5.41) is 20.1. The number of nitrogens with zero attached hydrogens (tertiary/aromatic N) is 2. The number of hydrogen-bond donors (Lipinski definition) is 0. The van der Waals surface area contributed by atoms with Gasteiger partial charge in [-0.05, 0) is 34.4 Å². The van der Waals surface area contributed by atoms with Crippen molar-refractivity contribution in [2.75, 3.05) is 0 Å². The highest BCUT2D eigenvalue weighted by atomic mass is 33.1. The minimum absolute atomic E-state index is 0.343. The van der Waals surface area contributed by atoms with E-state index in [2.05, 4.69) is 0 Å². The third-order valence-corrected chi connectivity index (χ3v) is 5.39. The van der Waals surface area contributed by atoms with Crippen LogP contribution >= 0.6 is 21.6 Å². The average Bonchev–Trinajstić information content (AvgIpc) is 2.31. The third kappa shape index (κ3) is 7.75. The first-order valence-corrected chi connectivity index (χ1v) is 8.39. The molecule has 18 heavy (non-hydrogen) atoms. The number of hydrogen-bond acceptors (Lipinski definition) is 6. The Bertz CT molecular complexity index is 240. The second-order valence-corrected chi connectivity index (χ2v) is 6.58. The van der Waals surface area contributed by atoms with Crippen LogP contribution < -0.4 is 0 Å². The van der Waals surface area contributed by atoms with E-state index in [0.29, 0.717) is 12.8 Å². The molecule has 0 saturated heterocycles. The Kier molecular flexibility index (Phi) is 10.1. The van der Waals surface area contributed by atoms with Gasteiger partial charge < -0.3 is 0 Å². The lowest BCUT2D eigenvalue weighted by molar-refractivity contribution is -0.497. The lowest BCUT2D eigenvalue weighted by Gasteiger charge is -2.10. The fraction of sp³-hybridized carbons (Fsp3) is 1.00. The van der Waals surface area contributed by atoms with E-state index in [1.54, 1.807) is 0 Å². The minimum atomic E-state index is -0.737. The zero-order valence-corrected chi connectivity index (χ0v) is 12.4. The van der Waals surface area contributed by atoms with Crippen LogP contribution in [-0.4, -0.2) is 20.6 Å². The van der Waals surface area contributed by atoms with Crippen LogP contribution in [0, 0.1) is 20.2 Å². The minimum Gasteiger partial charge on any atom is -0.263 e. The predicted molar refractivity (Wildman–Crippen MR) is 75.8 cm³/mol. The van der Waals surface area contributed by atoms with Gasteiger partial charge in [-0.25, -0.2) is 0 Å². The summed E-state index contributed by atoms with van der Waals surface area (Å²) < 4.78 is 0. The molecule has 8 heteroatoms. The molecule has 0 saturated carbocycles. The molecule has 0 aliphatic carbocycles. The van der Waals surface area contributed by atoms with Crippen LogP contribution in [-0.2, 0) is 0 Å². The summed E-state index contributed by atoms with van der Waals surface area (Å²) in [6, 6.07) is 0. The van der Waals surface area contributed by atoms with Gasteiger partial charge in [-0.15, -0.1) is 0 Å². The van der Waals surface area contributed by atoms with Crippen LogP contribution in [0.1, 0.15) is 52.4 Å². The summed E-state index contributed by atoms with van der Waals surface area (Å²) in [7, 11) is 2.06. The molecule has 0 aromatic carbocycles. The van der Waals surface area contributed by atoms with E-state index < -0.39 is 10.7 Å². The molecule has 0 bridgehead atoms. The monoisotopic (exact) mass is 296 g/mol. The summed E-state index contributed by atoms with van der Waals surface area (Å²) in [5.74, 6) is 0. The normalized spacial score (nSPS) is 14.1. The molecule has 0 heterocycles. The molecule has 0 aliphatic rings. The van der Waals surface area contributed by atoms with Gasteiger partial charge in [0.25, 0.3) is 10.7 Å². The summed E-state index contributed by atoms with van der Waals surface area (Å²) in [6.45, 7) is 3.94. The summed E-state index contributed by atoms with van der Waals surface area (Å²) >= 11 is 0. The molecular weight excluding hydrogens is 276 g/mol. The fourth-order valence-electron chi connectivity index (χ4n) is 1.26. The predicted octanol–water partition coefficient (Wildman–Crippen LogP) is 3.95. The van der Waals surface area contributed by atoms with E-state index in [9.17, 15) is 20.2 Å². The Morgan fingerprint density at radius 2 is 1.22 bits per heavy atom. The van der Waals surface area contributed by atoms with Crippen molar-refractivity contribution in [1.82, 2.24) is 0 Å². The topological polar surface area (TPSA) is 86.3 Å². The molecule has 0 radical (unpaired) electrons. The van der Waals surface area contributed by atoms with Crippen LogP contribution in [0.4, 0.5) is 0 Å². The number of rotatable bonds is 11. The molecule has 0 spiro atoms. The van der Waals surface area contributed by atoms with Crippen molar-refractivity contribution in [3.8, 4) is 0 Å². The zero-order chi connectivity index (χ0) is 14.0. The average molecular weight is 296 g/mol. The van der Waals surface area contributed by atoms with Crippen molar-refractivity contribution in [3.63, 3.8) is 0 Å². The standard InChI is InChI=1S/C10H20N2O4S2/c1-3-5-7-9(11(13)14)17-18-10(12(15)16)8-6-4-2/h9-10H,3-8H2,1-2H3. The van der Waals surface area contributed by atoms with Crippen molar-refractivity contribution < 1.29 is 9.85 Å². The van der Waals surface area contributed by atoms with Gasteiger partial charge >= 0.3 is 0 Å². The van der Waals surface area contributed by atoms with Crippen molar-refractivity contribution in [2.24, 2.45) is 0 Å². The largest absolute Gasteiger partial charge is 0.268 e. The first-order chi connectivity index (χ1) is 8.52. The highest BCUT2D eigenvalue weighted by molar-refractivity contribution is 8.77. The van der Waals surface area contributed by atoms with E-state index in [-0.39, 0.29) is 9.85 Å². The summed E-state index contributed by atoms with van der Waals surface area (Å²) in [5.41, 5.74) is 0. The van der Waals surface area contributed by atoms with E-state index in [1.165, 1.54) is 0 Å². The number of unbranched alkanes of at least 4 members (excludes halogenated alkanes) is 2. The van der Waals surface area contributed by atoms with Gasteiger partial charge in [-0.2, -0.15) is 0 Å². The van der Waals surface area contributed by atoms with Gasteiger partial charge in [0.05, 0.1) is 0 Å². The molecule has 0 rings (SSSR count). The van der Waals surface area contributed by atoms with Crippen LogP contribution in [0.5, 0.6) is 0 Å². The quantitative estimate of drug-likeness (QED) is 0.248. The van der Waals surface area contributed by atoms with Gasteiger partial charge in [0.1, 0.15) is 0 Å². The van der Waals surface area contributed by atoms with Crippen molar-refractivity contribution in [1.29, 1.82) is 0 Å². The van der Waals surface area contributed by atoms with E-state index >= 15 is 0 Å².